The Balaban J connectivity index is 1.89. The van der Waals surface area contributed by atoms with Crippen molar-refractivity contribution in [3.8, 4) is 0 Å². The fourth-order valence-electron chi connectivity index (χ4n) is 1.83. The molecule has 0 unspecified atom stereocenters. The van der Waals surface area contributed by atoms with Crippen LogP contribution < -0.4 is 5.43 Å². The van der Waals surface area contributed by atoms with E-state index in [1.54, 1.807) is 17.8 Å². The number of nitrogens with one attached hydrogen (secondary N) is 1. The van der Waals surface area contributed by atoms with Gasteiger partial charge in [0, 0.05) is 18.3 Å². The predicted molar refractivity (Wildman–Crippen MR) is 81.7 cm³/mol. The van der Waals surface area contributed by atoms with E-state index < -0.39 is 10.8 Å². The first-order valence-electron chi connectivity index (χ1n) is 6.87. The fourth-order valence-corrected chi connectivity index (χ4v) is 1.83. The molecule has 1 atom stereocenters. The molecule has 0 fully saturated rings. The predicted octanol–water partition coefficient (Wildman–Crippen LogP) is 0.620. The van der Waals surface area contributed by atoms with Gasteiger partial charge in [-0.05, 0) is 6.92 Å². The monoisotopic (exact) mass is 319 g/mol. The van der Waals surface area contributed by atoms with Gasteiger partial charge in [-0.3, -0.25) is 24.3 Å². The Morgan fingerprint density at radius 2 is 2.26 bits per heavy atom. The summed E-state index contributed by atoms with van der Waals surface area (Å²) in [5.41, 5.74) is 4.07. The molecule has 0 aliphatic heterocycles. The Kier molecular flexibility index (Phi) is 4.84. The second-order valence-electron chi connectivity index (χ2n) is 5.12. The SMILES string of the molecule is Cc1c(/C=N\NC(=O)[C@H](C)Cn2cc([N+](=O)[O-])cn2)cnn1C. The van der Waals surface area contributed by atoms with E-state index in [4.69, 9.17) is 0 Å². The highest BCUT2D eigenvalue weighted by Crippen LogP contribution is 2.09. The summed E-state index contributed by atoms with van der Waals surface area (Å²) in [4.78, 5) is 22.0. The van der Waals surface area contributed by atoms with E-state index in [0.717, 1.165) is 17.5 Å². The normalized spacial score (nSPS) is 12.5. The number of amides is 1. The quantitative estimate of drug-likeness (QED) is 0.475. The second-order valence-corrected chi connectivity index (χ2v) is 5.12. The zero-order valence-corrected chi connectivity index (χ0v) is 13.0. The zero-order valence-electron chi connectivity index (χ0n) is 13.0. The van der Waals surface area contributed by atoms with Crippen LogP contribution in [0.1, 0.15) is 18.2 Å². The van der Waals surface area contributed by atoms with Crippen LogP contribution in [0.15, 0.2) is 23.7 Å². The molecule has 0 spiro atoms. The number of aryl methyl sites for hydroxylation is 1. The van der Waals surface area contributed by atoms with Gasteiger partial charge in [-0.15, -0.1) is 0 Å². The smallest absolute Gasteiger partial charge is 0.273 e. The van der Waals surface area contributed by atoms with Crippen molar-refractivity contribution in [2.24, 2.45) is 18.1 Å². The van der Waals surface area contributed by atoms with Crippen molar-refractivity contribution >= 4 is 17.8 Å². The molecule has 122 valence electrons. The van der Waals surface area contributed by atoms with Gasteiger partial charge in [-0.25, -0.2) is 5.43 Å². The molecule has 2 rings (SSSR count). The Labute approximate surface area is 131 Å². The minimum atomic E-state index is -0.533. The highest BCUT2D eigenvalue weighted by molar-refractivity contribution is 5.83. The van der Waals surface area contributed by atoms with Gasteiger partial charge in [0.1, 0.15) is 12.4 Å². The third-order valence-electron chi connectivity index (χ3n) is 3.39. The van der Waals surface area contributed by atoms with Crippen LogP contribution in [0.5, 0.6) is 0 Å². The van der Waals surface area contributed by atoms with Gasteiger partial charge in [-0.1, -0.05) is 6.92 Å². The maximum Gasteiger partial charge on any atom is 0.306 e. The van der Waals surface area contributed by atoms with Gasteiger partial charge >= 0.3 is 5.69 Å². The minimum Gasteiger partial charge on any atom is -0.273 e. The largest absolute Gasteiger partial charge is 0.306 e. The first-order chi connectivity index (χ1) is 10.9. The van der Waals surface area contributed by atoms with Crippen LogP contribution in [-0.4, -0.2) is 36.6 Å². The van der Waals surface area contributed by atoms with Crippen LogP contribution in [0.4, 0.5) is 5.69 Å². The summed E-state index contributed by atoms with van der Waals surface area (Å²) in [6.45, 7) is 3.80. The summed E-state index contributed by atoms with van der Waals surface area (Å²) in [6.07, 6.45) is 5.60. The second kappa shape index (κ2) is 6.81. The van der Waals surface area contributed by atoms with Crippen molar-refractivity contribution in [1.29, 1.82) is 0 Å². The topological polar surface area (TPSA) is 120 Å². The van der Waals surface area contributed by atoms with Gasteiger partial charge in [0.15, 0.2) is 0 Å². The number of carbonyl (C=O) groups is 1. The molecule has 0 aromatic carbocycles. The summed E-state index contributed by atoms with van der Waals surface area (Å²) in [5.74, 6) is -0.748. The van der Waals surface area contributed by atoms with Gasteiger partial charge in [0.2, 0.25) is 5.91 Å². The van der Waals surface area contributed by atoms with E-state index in [1.807, 2.05) is 14.0 Å². The Morgan fingerprint density at radius 1 is 1.52 bits per heavy atom. The summed E-state index contributed by atoms with van der Waals surface area (Å²) in [7, 11) is 1.82. The molecular formula is C13H17N7O3. The number of hydrazone groups is 1. The highest BCUT2D eigenvalue weighted by atomic mass is 16.6. The van der Waals surface area contributed by atoms with Crippen molar-refractivity contribution in [2.75, 3.05) is 0 Å². The third kappa shape index (κ3) is 3.99. The standard InChI is InChI=1S/C13H17N7O3/c1-9(7-19-8-12(6-16-19)20(22)23)13(21)17-14-4-11-5-15-18(3)10(11)2/h4-6,8-9H,7H2,1-3H3,(H,17,21)/b14-4-/t9-/m1/s1. The van der Waals surface area contributed by atoms with Gasteiger partial charge in [0.05, 0.1) is 29.8 Å². The number of nitrogens with zero attached hydrogens (tertiary/aromatic N) is 6. The van der Waals surface area contributed by atoms with E-state index in [1.165, 1.54) is 17.1 Å². The highest BCUT2D eigenvalue weighted by Gasteiger charge is 2.16. The van der Waals surface area contributed by atoms with Crippen molar-refractivity contribution in [3.63, 3.8) is 0 Å². The van der Waals surface area contributed by atoms with Gasteiger partial charge < -0.3 is 0 Å². The van der Waals surface area contributed by atoms with E-state index in [9.17, 15) is 14.9 Å². The van der Waals surface area contributed by atoms with Crippen molar-refractivity contribution < 1.29 is 9.72 Å². The van der Waals surface area contributed by atoms with Gasteiger partial charge in [0.25, 0.3) is 0 Å². The maximum absolute atomic E-state index is 11.9. The molecule has 2 heterocycles. The number of hydrogen-bond acceptors (Lipinski definition) is 6. The molecule has 0 radical (unpaired) electrons. The van der Waals surface area contributed by atoms with Crippen molar-refractivity contribution in [3.05, 3.63) is 40.0 Å². The lowest BCUT2D eigenvalue weighted by Gasteiger charge is -2.08. The molecule has 10 heteroatoms. The molecule has 0 aliphatic rings. The molecule has 2 aromatic heterocycles. The molecule has 1 N–H and O–H groups in total. The van der Waals surface area contributed by atoms with E-state index >= 15 is 0 Å². The molecular weight excluding hydrogens is 302 g/mol. The van der Waals surface area contributed by atoms with Crippen molar-refractivity contribution in [1.82, 2.24) is 25.0 Å². The zero-order chi connectivity index (χ0) is 17.0. The van der Waals surface area contributed by atoms with Crippen LogP contribution in [0.3, 0.4) is 0 Å². The van der Waals surface area contributed by atoms with E-state index in [-0.39, 0.29) is 18.1 Å². The van der Waals surface area contributed by atoms with Crippen LogP contribution in [0.25, 0.3) is 0 Å². The first kappa shape index (κ1) is 16.3. The average Bonchev–Trinajstić information content (AvgIpc) is 3.09. The summed E-state index contributed by atoms with van der Waals surface area (Å²) >= 11 is 0. The maximum atomic E-state index is 11.9. The molecule has 0 bridgehead atoms. The summed E-state index contributed by atoms with van der Waals surface area (Å²) < 4.78 is 3.06. The minimum absolute atomic E-state index is 0.109. The lowest BCUT2D eigenvalue weighted by atomic mass is 10.2. The van der Waals surface area contributed by atoms with Crippen LogP contribution >= 0.6 is 0 Å². The average molecular weight is 319 g/mol. The Bertz CT molecular complexity index is 747. The molecule has 1 amide bonds. The first-order valence-corrected chi connectivity index (χ1v) is 6.87. The summed E-state index contributed by atoms with van der Waals surface area (Å²) in [6, 6.07) is 0. The third-order valence-corrected chi connectivity index (χ3v) is 3.39. The lowest BCUT2D eigenvalue weighted by molar-refractivity contribution is -0.385. The molecule has 10 nitrogen and oxygen atoms in total. The molecule has 2 aromatic rings. The number of nitro groups is 1. The molecule has 0 saturated heterocycles. The molecule has 0 saturated carbocycles. The number of rotatable bonds is 6. The van der Waals surface area contributed by atoms with Crippen LogP contribution in [0.2, 0.25) is 0 Å². The fraction of sp³-hybridized carbons (Fsp3) is 0.385. The molecule has 0 aliphatic carbocycles. The van der Waals surface area contributed by atoms with Gasteiger partial charge in [-0.2, -0.15) is 15.3 Å². The number of hydrogen-bond donors (Lipinski definition) is 1. The van der Waals surface area contributed by atoms with Crippen molar-refractivity contribution in [2.45, 2.75) is 20.4 Å². The molecule has 23 heavy (non-hydrogen) atoms. The number of carbonyl (C=O) groups excluding carboxylic acids is 1. The Morgan fingerprint density at radius 3 is 2.83 bits per heavy atom. The van der Waals surface area contributed by atoms with Crippen LogP contribution in [-0.2, 0) is 18.4 Å². The Hall–Kier alpha value is -3.04. The van der Waals surface area contributed by atoms with E-state index in [0.29, 0.717) is 0 Å². The van der Waals surface area contributed by atoms with Crippen LogP contribution in [0, 0.1) is 23.0 Å². The lowest BCUT2D eigenvalue weighted by Crippen LogP contribution is -2.28. The van der Waals surface area contributed by atoms with E-state index in [2.05, 4.69) is 20.7 Å². The number of aromatic nitrogens is 4. The summed E-state index contributed by atoms with van der Waals surface area (Å²) in [5, 5.41) is 22.4.